The third kappa shape index (κ3) is 2.55. The van der Waals surface area contributed by atoms with E-state index in [0.29, 0.717) is 31.1 Å². The maximum absolute atomic E-state index is 11.4. The molecule has 16 heavy (non-hydrogen) atoms. The highest BCUT2D eigenvalue weighted by Gasteiger charge is 2.26. The average Bonchev–Trinajstić information content (AvgIpc) is 2.57. The molecule has 1 fully saturated rings. The highest BCUT2D eigenvalue weighted by atomic mass is 35.5. The fraction of sp³-hybridized carbons (Fsp3) is 0.400. The van der Waals surface area contributed by atoms with Crippen molar-refractivity contribution < 1.29 is 8.42 Å². The van der Waals surface area contributed by atoms with Crippen molar-refractivity contribution in [1.82, 2.24) is 9.03 Å². The van der Waals surface area contributed by atoms with Crippen LogP contribution in [0.15, 0.2) is 24.3 Å². The summed E-state index contributed by atoms with van der Waals surface area (Å²) in [6, 6.07) is 7.49. The smallest absolute Gasteiger partial charge is 0.201 e. The number of nitrogens with one attached hydrogen (secondary N) is 1. The summed E-state index contributed by atoms with van der Waals surface area (Å²) in [5.41, 5.74) is 0.978. The lowest BCUT2D eigenvalue weighted by atomic mass is 10.1. The predicted octanol–water partition coefficient (Wildman–Crippen LogP) is 1.03. The number of benzene rings is 1. The molecule has 0 aliphatic carbocycles. The topological polar surface area (TPSA) is 49.4 Å². The summed E-state index contributed by atoms with van der Waals surface area (Å²) in [6.07, 6.45) is 0.639. The molecule has 0 aromatic heterocycles. The average molecular weight is 261 g/mol. The SMILES string of the molecule is O=S1(=O)NCCN1CCc1ccccc1Cl. The molecule has 1 aliphatic heterocycles. The van der Waals surface area contributed by atoms with Crippen molar-refractivity contribution >= 4 is 21.8 Å². The van der Waals surface area contributed by atoms with Gasteiger partial charge in [-0.05, 0) is 18.1 Å². The van der Waals surface area contributed by atoms with E-state index in [4.69, 9.17) is 11.6 Å². The van der Waals surface area contributed by atoms with Crippen LogP contribution in [0.1, 0.15) is 5.56 Å². The van der Waals surface area contributed by atoms with Gasteiger partial charge in [0.05, 0.1) is 0 Å². The van der Waals surface area contributed by atoms with Crippen LogP contribution in [-0.2, 0) is 16.6 Å². The summed E-state index contributed by atoms with van der Waals surface area (Å²) in [7, 11) is -3.23. The number of hydrogen-bond acceptors (Lipinski definition) is 2. The Bertz CT molecular complexity index is 475. The number of halogens is 1. The Hall–Kier alpha value is -0.620. The lowest BCUT2D eigenvalue weighted by Gasteiger charge is -2.13. The van der Waals surface area contributed by atoms with Crippen molar-refractivity contribution in [2.75, 3.05) is 19.6 Å². The Labute approximate surface area is 100 Å². The second-order valence-electron chi connectivity index (χ2n) is 3.64. The standard InChI is InChI=1S/C10H13ClN2O2S/c11-10-4-2-1-3-9(10)5-7-13-8-6-12-16(13,14)15/h1-4,12H,5-8H2. The summed E-state index contributed by atoms with van der Waals surface area (Å²) in [6.45, 7) is 1.50. The largest absolute Gasteiger partial charge is 0.279 e. The van der Waals surface area contributed by atoms with Gasteiger partial charge in [-0.25, -0.2) is 4.72 Å². The Morgan fingerprint density at radius 1 is 1.38 bits per heavy atom. The molecular formula is C10H13ClN2O2S. The molecule has 1 aliphatic rings. The first-order valence-corrected chi connectivity index (χ1v) is 6.89. The van der Waals surface area contributed by atoms with E-state index < -0.39 is 10.2 Å². The molecule has 1 aromatic rings. The predicted molar refractivity (Wildman–Crippen MR) is 63.7 cm³/mol. The second kappa shape index (κ2) is 4.71. The minimum Gasteiger partial charge on any atom is -0.201 e. The van der Waals surface area contributed by atoms with Crippen LogP contribution in [0.25, 0.3) is 0 Å². The first-order chi connectivity index (χ1) is 7.59. The van der Waals surface area contributed by atoms with Gasteiger partial charge in [-0.15, -0.1) is 0 Å². The minimum atomic E-state index is -3.23. The van der Waals surface area contributed by atoms with Gasteiger partial charge in [-0.2, -0.15) is 12.7 Å². The van der Waals surface area contributed by atoms with Gasteiger partial charge in [0.15, 0.2) is 0 Å². The monoisotopic (exact) mass is 260 g/mol. The fourth-order valence-electron chi connectivity index (χ4n) is 1.69. The lowest BCUT2D eigenvalue weighted by Crippen LogP contribution is -2.31. The van der Waals surface area contributed by atoms with E-state index in [1.165, 1.54) is 4.31 Å². The molecule has 0 unspecified atom stereocenters. The molecule has 0 radical (unpaired) electrons. The van der Waals surface area contributed by atoms with Crippen LogP contribution in [0.5, 0.6) is 0 Å². The third-order valence-electron chi connectivity index (χ3n) is 2.57. The van der Waals surface area contributed by atoms with Crippen molar-refractivity contribution in [2.45, 2.75) is 6.42 Å². The van der Waals surface area contributed by atoms with Crippen molar-refractivity contribution in [2.24, 2.45) is 0 Å². The second-order valence-corrected chi connectivity index (χ2v) is 5.80. The van der Waals surface area contributed by atoms with E-state index in [-0.39, 0.29) is 0 Å². The Kier molecular flexibility index (Phi) is 3.49. The van der Waals surface area contributed by atoms with Crippen LogP contribution in [0.4, 0.5) is 0 Å². The van der Waals surface area contributed by atoms with E-state index in [9.17, 15) is 8.42 Å². The van der Waals surface area contributed by atoms with Gasteiger partial charge < -0.3 is 0 Å². The van der Waals surface area contributed by atoms with Crippen molar-refractivity contribution in [3.05, 3.63) is 34.9 Å². The van der Waals surface area contributed by atoms with Crippen molar-refractivity contribution in [1.29, 1.82) is 0 Å². The number of rotatable bonds is 3. The van der Waals surface area contributed by atoms with E-state index in [1.54, 1.807) is 0 Å². The molecule has 1 heterocycles. The summed E-state index contributed by atoms with van der Waals surface area (Å²) < 4.78 is 26.8. The molecule has 1 N–H and O–H groups in total. The number of hydrogen-bond donors (Lipinski definition) is 1. The van der Waals surface area contributed by atoms with Gasteiger partial charge >= 0.3 is 0 Å². The molecule has 0 spiro atoms. The van der Waals surface area contributed by atoms with Gasteiger partial charge in [0, 0.05) is 24.7 Å². The van der Waals surface area contributed by atoms with Gasteiger partial charge in [0.25, 0.3) is 10.2 Å². The Balaban J connectivity index is 2.01. The summed E-state index contributed by atoms with van der Waals surface area (Å²) in [4.78, 5) is 0. The molecule has 4 nitrogen and oxygen atoms in total. The molecule has 0 amide bonds. The van der Waals surface area contributed by atoms with Gasteiger partial charge in [0.2, 0.25) is 0 Å². The van der Waals surface area contributed by atoms with Gasteiger partial charge in [-0.3, -0.25) is 0 Å². The van der Waals surface area contributed by atoms with Crippen LogP contribution >= 0.6 is 11.6 Å². The molecule has 0 saturated carbocycles. The molecular weight excluding hydrogens is 248 g/mol. The van der Waals surface area contributed by atoms with Crippen LogP contribution in [0, 0.1) is 0 Å². The molecule has 6 heteroatoms. The van der Waals surface area contributed by atoms with E-state index >= 15 is 0 Å². The van der Waals surface area contributed by atoms with E-state index in [2.05, 4.69) is 4.72 Å². The quantitative estimate of drug-likeness (QED) is 0.883. The molecule has 88 valence electrons. The van der Waals surface area contributed by atoms with Gasteiger partial charge in [-0.1, -0.05) is 29.8 Å². The molecule has 1 saturated heterocycles. The highest BCUT2D eigenvalue weighted by molar-refractivity contribution is 7.87. The zero-order valence-electron chi connectivity index (χ0n) is 8.69. The third-order valence-corrected chi connectivity index (χ3v) is 4.56. The van der Waals surface area contributed by atoms with E-state index in [1.807, 2.05) is 24.3 Å². The first kappa shape index (κ1) is 11.9. The summed E-state index contributed by atoms with van der Waals surface area (Å²) >= 11 is 6.00. The van der Waals surface area contributed by atoms with Crippen LogP contribution in [-0.4, -0.2) is 32.4 Å². The molecule has 0 bridgehead atoms. The summed E-state index contributed by atoms with van der Waals surface area (Å²) in [5.74, 6) is 0. The van der Waals surface area contributed by atoms with Crippen LogP contribution < -0.4 is 4.72 Å². The van der Waals surface area contributed by atoms with Gasteiger partial charge in [0.1, 0.15) is 0 Å². The van der Waals surface area contributed by atoms with Crippen molar-refractivity contribution in [3.63, 3.8) is 0 Å². The van der Waals surface area contributed by atoms with Crippen LogP contribution in [0.3, 0.4) is 0 Å². The lowest BCUT2D eigenvalue weighted by molar-refractivity contribution is 0.453. The highest BCUT2D eigenvalue weighted by Crippen LogP contribution is 2.16. The first-order valence-electron chi connectivity index (χ1n) is 5.08. The Morgan fingerprint density at radius 2 is 2.12 bits per heavy atom. The maximum atomic E-state index is 11.4. The molecule has 1 aromatic carbocycles. The summed E-state index contributed by atoms with van der Waals surface area (Å²) in [5, 5.41) is 0.687. The normalized spacial score (nSPS) is 20.1. The molecule has 0 atom stereocenters. The minimum absolute atomic E-state index is 0.471. The fourth-order valence-corrected chi connectivity index (χ4v) is 3.11. The van der Waals surface area contributed by atoms with Crippen molar-refractivity contribution in [3.8, 4) is 0 Å². The Morgan fingerprint density at radius 3 is 2.75 bits per heavy atom. The van der Waals surface area contributed by atoms with E-state index in [0.717, 1.165) is 5.56 Å². The maximum Gasteiger partial charge on any atom is 0.279 e. The number of nitrogens with zero attached hydrogens (tertiary/aromatic N) is 1. The zero-order chi connectivity index (χ0) is 11.6. The van der Waals surface area contributed by atoms with Crippen LogP contribution in [0.2, 0.25) is 5.02 Å². The zero-order valence-corrected chi connectivity index (χ0v) is 10.3. The molecule has 2 rings (SSSR count).